The Hall–Kier alpha value is -3.19. The number of likely N-dealkylation sites (N-methyl/N-ethyl adjacent to an activating group) is 1. The van der Waals surface area contributed by atoms with E-state index in [1.807, 2.05) is 43.3 Å². The Kier molecular flexibility index (Phi) is 6.06. The van der Waals surface area contributed by atoms with E-state index in [1.54, 1.807) is 31.5 Å². The van der Waals surface area contributed by atoms with E-state index in [0.717, 1.165) is 11.3 Å². The maximum Gasteiger partial charge on any atom is 0.271 e. The van der Waals surface area contributed by atoms with Crippen LogP contribution in [-0.4, -0.2) is 48.3 Å². The summed E-state index contributed by atoms with van der Waals surface area (Å²) in [5.41, 5.74) is 1.97. The lowest BCUT2D eigenvalue weighted by Gasteiger charge is -2.26. The highest BCUT2D eigenvalue weighted by molar-refractivity contribution is 5.92. The van der Waals surface area contributed by atoms with Gasteiger partial charge in [0.05, 0.1) is 18.8 Å². The largest absolute Gasteiger partial charge is 0.496 e. The van der Waals surface area contributed by atoms with Crippen molar-refractivity contribution in [2.75, 3.05) is 27.7 Å². The van der Waals surface area contributed by atoms with Gasteiger partial charge in [-0.1, -0.05) is 18.2 Å². The molecule has 2 aromatic carbocycles. The molecule has 28 heavy (non-hydrogen) atoms. The average Bonchev–Trinajstić information content (AvgIpc) is 3.19. The SMILES string of the molecule is COc1ccccc1C(CNC(=O)c1ccn(-c2ccc(F)cc2)n1)N(C)C. The van der Waals surface area contributed by atoms with Gasteiger partial charge in [0, 0.05) is 18.3 Å². The minimum absolute atomic E-state index is 0.0562. The molecule has 146 valence electrons. The summed E-state index contributed by atoms with van der Waals surface area (Å²) in [6, 6.07) is 15.2. The van der Waals surface area contributed by atoms with Crippen LogP contribution in [0.4, 0.5) is 4.39 Å². The van der Waals surface area contributed by atoms with Crippen molar-refractivity contribution < 1.29 is 13.9 Å². The first kappa shape index (κ1) is 19.6. The summed E-state index contributed by atoms with van der Waals surface area (Å²) in [5, 5.41) is 7.22. The molecule has 0 spiro atoms. The van der Waals surface area contributed by atoms with Crippen LogP contribution in [0.2, 0.25) is 0 Å². The standard InChI is InChI=1S/C21H23FN4O2/c1-25(2)19(17-6-4-5-7-20(17)28-3)14-23-21(27)18-12-13-26(24-18)16-10-8-15(22)9-11-16/h4-13,19H,14H2,1-3H3,(H,23,27). The lowest BCUT2D eigenvalue weighted by molar-refractivity contribution is 0.0936. The Bertz CT molecular complexity index is 938. The first-order valence-corrected chi connectivity index (χ1v) is 8.88. The van der Waals surface area contributed by atoms with Gasteiger partial charge in [-0.15, -0.1) is 0 Å². The number of carbonyl (C=O) groups excluding carboxylic acids is 1. The average molecular weight is 382 g/mol. The van der Waals surface area contributed by atoms with E-state index in [-0.39, 0.29) is 17.8 Å². The van der Waals surface area contributed by atoms with Crippen LogP contribution in [-0.2, 0) is 0 Å². The Balaban J connectivity index is 1.71. The molecule has 0 saturated heterocycles. The van der Waals surface area contributed by atoms with Crippen LogP contribution in [0.15, 0.2) is 60.8 Å². The van der Waals surface area contributed by atoms with Crippen LogP contribution in [0.5, 0.6) is 5.75 Å². The second-order valence-electron chi connectivity index (χ2n) is 6.55. The van der Waals surface area contributed by atoms with Crippen LogP contribution in [0, 0.1) is 5.82 Å². The summed E-state index contributed by atoms with van der Waals surface area (Å²) in [6.07, 6.45) is 1.67. The topological polar surface area (TPSA) is 59.4 Å². The zero-order chi connectivity index (χ0) is 20.1. The number of nitrogens with zero attached hydrogens (tertiary/aromatic N) is 3. The molecule has 1 atom stereocenters. The van der Waals surface area contributed by atoms with E-state index in [9.17, 15) is 9.18 Å². The van der Waals surface area contributed by atoms with Crippen LogP contribution < -0.4 is 10.1 Å². The number of carbonyl (C=O) groups is 1. The van der Waals surface area contributed by atoms with Gasteiger partial charge in [-0.05, 0) is 50.5 Å². The molecular formula is C21H23FN4O2. The van der Waals surface area contributed by atoms with Gasteiger partial charge < -0.3 is 15.0 Å². The van der Waals surface area contributed by atoms with Crippen molar-refractivity contribution in [1.29, 1.82) is 0 Å². The smallest absolute Gasteiger partial charge is 0.271 e. The summed E-state index contributed by atoms with van der Waals surface area (Å²) in [4.78, 5) is 14.6. The predicted octanol–water partition coefficient (Wildman–Crippen LogP) is 3.05. The normalized spacial score (nSPS) is 12.0. The molecule has 0 radical (unpaired) electrons. The highest BCUT2D eigenvalue weighted by Gasteiger charge is 2.20. The Morgan fingerprint density at radius 3 is 2.57 bits per heavy atom. The number of ether oxygens (including phenoxy) is 1. The maximum atomic E-state index is 13.1. The lowest BCUT2D eigenvalue weighted by atomic mass is 10.0. The van der Waals surface area contributed by atoms with Gasteiger partial charge >= 0.3 is 0 Å². The summed E-state index contributed by atoms with van der Waals surface area (Å²) >= 11 is 0. The summed E-state index contributed by atoms with van der Waals surface area (Å²) in [6.45, 7) is 0.398. The van der Waals surface area contributed by atoms with E-state index in [2.05, 4.69) is 10.4 Å². The van der Waals surface area contributed by atoms with Gasteiger partial charge in [-0.2, -0.15) is 5.10 Å². The molecule has 7 heteroatoms. The minimum Gasteiger partial charge on any atom is -0.496 e. The van der Waals surface area contributed by atoms with Crippen LogP contribution >= 0.6 is 0 Å². The van der Waals surface area contributed by atoms with E-state index in [1.165, 1.54) is 16.8 Å². The third kappa shape index (κ3) is 4.37. The molecule has 3 aromatic rings. The molecule has 0 aliphatic carbocycles. The Morgan fingerprint density at radius 1 is 1.18 bits per heavy atom. The van der Waals surface area contributed by atoms with Crippen molar-refractivity contribution >= 4 is 5.91 Å². The third-order valence-corrected chi connectivity index (χ3v) is 4.49. The molecule has 0 aliphatic heterocycles. The number of nitrogens with one attached hydrogen (secondary N) is 1. The molecule has 1 N–H and O–H groups in total. The van der Waals surface area contributed by atoms with E-state index < -0.39 is 0 Å². The van der Waals surface area contributed by atoms with Crippen molar-refractivity contribution in [3.05, 3.63) is 77.9 Å². The van der Waals surface area contributed by atoms with E-state index in [0.29, 0.717) is 17.9 Å². The number of hydrogen-bond acceptors (Lipinski definition) is 4. The number of benzene rings is 2. The van der Waals surface area contributed by atoms with Gasteiger partial charge in [0.25, 0.3) is 5.91 Å². The fraction of sp³-hybridized carbons (Fsp3) is 0.238. The molecule has 0 bridgehead atoms. The number of hydrogen-bond donors (Lipinski definition) is 1. The minimum atomic E-state index is -0.319. The highest BCUT2D eigenvalue weighted by Crippen LogP contribution is 2.27. The second kappa shape index (κ2) is 8.67. The molecule has 0 aliphatic rings. The maximum absolute atomic E-state index is 13.1. The molecule has 1 aromatic heterocycles. The van der Waals surface area contributed by atoms with E-state index >= 15 is 0 Å². The van der Waals surface area contributed by atoms with Crippen molar-refractivity contribution in [2.24, 2.45) is 0 Å². The molecule has 6 nitrogen and oxygen atoms in total. The quantitative estimate of drug-likeness (QED) is 0.682. The van der Waals surface area contributed by atoms with Gasteiger partial charge in [0.15, 0.2) is 5.69 Å². The number of methoxy groups -OCH3 is 1. The molecular weight excluding hydrogens is 359 g/mol. The Labute approximate surface area is 163 Å². The second-order valence-corrected chi connectivity index (χ2v) is 6.55. The van der Waals surface area contributed by atoms with Crippen molar-refractivity contribution in [2.45, 2.75) is 6.04 Å². The lowest BCUT2D eigenvalue weighted by Crippen LogP contribution is -2.35. The van der Waals surface area contributed by atoms with Crippen LogP contribution in [0.3, 0.4) is 0 Å². The zero-order valence-corrected chi connectivity index (χ0v) is 16.1. The van der Waals surface area contributed by atoms with E-state index in [4.69, 9.17) is 4.74 Å². The number of amides is 1. The number of para-hydroxylation sites is 1. The highest BCUT2D eigenvalue weighted by atomic mass is 19.1. The monoisotopic (exact) mass is 382 g/mol. The number of rotatable bonds is 7. The predicted molar refractivity (Wildman–Crippen MR) is 105 cm³/mol. The molecule has 3 rings (SSSR count). The molecule has 0 saturated carbocycles. The fourth-order valence-corrected chi connectivity index (χ4v) is 2.98. The molecule has 1 unspecified atom stereocenters. The summed E-state index contributed by atoms with van der Waals surface area (Å²) in [7, 11) is 5.53. The first-order chi connectivity index (χ1) is 13.5. The van der Waals surface area contributed by atoms with Crippen LogP contribution in [0.1, 0.15) is 22.1 Å². The van der Waals surface area contributed by atoms with Gasteiger partial charge in [0.1, 0.15) is 11.6 Å². The fourth-order valence-electron chi connectivity index (χ4n) is 2.98. The number of halogens is 1. The molecule has 1 amide bonds. The molecule has 1 heterocycles. The van der Waals surface area contributed by atoms with Gasteiger partial charge in [-0.3, -0.25) is 4.79 Å². The van der Waals surface area contributed by atoms with Crippen molar-refractivity contribution in [3.63, 3.8) is 0 Å². The first-order valence-electron chi connectivity index (χ1n) is 8.88. The Morgan fingerprint density at radius 2 is 1.89 bits per heavy atom. The number of aromatic nitrogens is 2. The third-order valence-electron chi connectivity index (χ3n) is 4.49. The van der Waals surface area contributed by atoms with Crippen LogP contribution in [0.25, 0.3) is 5.69 Å². The van der Waals surface area contributed by atoms with Crippen molar-refractivity contribution in [1.82, 2.24) is 20.0 Å². The summed E-state index contributed by atoms with van der Waals surface area (Å²) < 4.78 is 20.1. The molecule has 0 fully saturated rings. The van der Waals surface area contributed by atoms with Gasteiger partial charge in [-0.25, -0.2) is 9.07 Å². The van der Waals surface area contributed by atoms with Crippen molar-refractivity contribution in [3.8, 4) is 11.4 Å². The van der Waals surface area contributed by atoms with Gasteiger partial charge in [0.2, 0.25) is 0 Å². The summed E-state index contributed by atoms with van der Waals surface area (Å²) in [5.74, 6) is 0.179. The zero-order valence-electron chi connectivity index (χ0n) is 16.1.